The van der Waals surface area contributed by atoms with Gasteiger partial charge < -0.3 is 16.8 Å². The van der Waals surface area contributed by atoms with Gasteiger partial charge in [0.2, 0.25) is 0 Å². The second-order valence-electron chi connectivity index (χ2n) is 4.50. The summed E-state index contributed by atoms with van der Waals surface area (Å²) in [4.78, 5) is 15.9. The lowest BCUT2D eigenvalue weighted by Gasteiger charge is -2.19. The van der Waals surface area contributed by atoms with Gasteiger partial charge in [-0.1, -0.05) is 6.92 Å². The summed E-state index contributed by atoms with van der Waals surface area (Å²) in [5.74, 6) is 0.116. The van der Waals surface area contributed by atoms with Crippen LogP contribution < -0.4 is 16.8 Å². The van der Waals surface area contributed by atoms with Crippen LogP contribution in [0.15, 0.2) is 6.07 Å². The van der Waals surface area contributed by atoms with E-state index in [1.165, 1.54) is 0 Å². The Labute approximate surface area is 108 Å². The summed E-state index contributed by atoms with van der Waals surface area (Å²) < 4.78 is 0. The Bertz CT molecular complexity index is 431. The van der Waals surface area contributed by atoms with Crippen LogP contribution in [-0.2, 0) is 0 Å². The molecular formula is C13H22N4O. The van der Waals surface area contributed by atoms with Gasteiger partial charge >= 0.3 is 0 Å². The van der Waals surface area contributed by atoms with Crippen molar-refractivity contribution in [2.45, 2.75) is 39.7 Å². The van der Waals surface area contributed by atoms with Crippen molar-refractivity contribution in [1.29, 1.82) is 0 Å². The van der Waals surface area contributed by atoms with Gasteiger partial charge in [0.1, 0.15) is 5.82 Å². The third-order valence-electron chi connectivity index (χ3n) is 2.94. The van der Waals surface area contributed by atoms with Crippen LogP contribution in [0.5, 0.6) is 0 Å². The van der Waals surface area contributed by atoms with E-state index in [2.05, 4.69) is 17.2 Å². The Hall–Kier alpha value is -1.62. The molecule has 0 radical (unpaired) electrons. The molecule has 1 aromatic heterocycles. The van der Waals surface area contributed by atoms with E-state index in [1.807, 2.05) is 19.9 Å². The first-order valence-corrected chi connectivity index (χ1v) is 6.24. The Morgan fingerprint density at radius 3 is 2.67 bits per heavy atom. The summed E-state index contributed by atoms with van der Waals surface area (Å²) in [5.41, 5.74) is 13.2. The lowest BCUT2D eigenvalue weighted by Crippen LogP contribution is -2.26. The second kappa shape index (κ2) is 6.35. The molecule has 5 nitrogen and oxygen atoms in total. The van der Waals surface area contributed by atoms with Gasteiger partial charge in [-0.25, -0.2) is 4.98 Å². The van der Waals surface area contributed by atoms with Crippen LogP contribution in [0, 0.1) is 13.8 Å². The van der Waals surface area contributed by atoms with Crippen molar-refractivity contribution in [3.05, 3.63) is 22.9 Å². The molecule has 1 aromatic rings. The molecule has 0 aliphatic carbocycles. The molecule has 0 saturated carbocycles. The number of carbonyl (C=O) groups is 1. The zero-order valence-electron chi connectivity index (χ0n) is 11.3. The number of hydrogen-bond acceptors (Lipinski definition) is 4. The normalized spacial score (nSPS) is 12.2. The zero-order valence-corrected chi connectivity index (χ0v) is 11.3. The van der Waals surface area contributed by atoms with Gasteiger partial charge in [-0.15, -0.1) is 0 Å². The Morgan fingerprint density at radius 1 is 1.50 bits per heavy atom. The number of carbonyl (C=O) groups excluding carboxylic acids is 1. The highest BCUT2D eigenvalue weighted by Gasteiger charge is 2.16. The third-order valence-corrected chi connectivity index (χ3v) is 2.94. The number of hydrogen-bond donors (Lipinski definition) is 3. The molecule has 0 saturated heterocycles. The average Bonchev–Trinajstić information content (AvgIpc) is 2.26. The number of nitrogens with two attached hydrogens (primary N) is 2. The van der Waals surface area contributed by atoms with Crippen LogP contribution in [0.25, 0.3) is 0 Å². The minimum Gasteiger partial charge on any atom is -0.367 e. The van der Waals surface area contributed by atoms with Crippen molar-refractivity contribution >= 4 is 11.7 Å². The van der Waals surface area contributed by atoms with Crippen molar-refractivity contribution in [3.8, 4) is 0 Å². The fourth-order valence-corrected chi connectivity index (χ4v) is 2.03. The lowest BCUT2D eigenvalue weighted by atomic mass is 10.1. The number of nitrogens with one attached hydrogen (secondary N) is 1. The summed E-state index contributed by atoms with van der Waals surface area (Å²) >= 11 is 0. The summed E-state index contributed by atoms with van der Waals surface area (Å²) in [6, 6.07) is 2.07. The van der Waals surface area contributed by atoms with E-state index >= 15 is 0 Å². The molecule has 0 aromatic carbocycles. The lowest BCUT2D eigenvalue weighted by molar-refractivity contribution is 0.1000. The summed E-state index contributed by atoms with van der Waals surface area (Å²) in [5, 5.41) is 3.27. The number of anilines is 1. The maximum atomic E-state index is 11.5. The van der Waals surface area contributed by atoms with Crippen molar-refractivity contribution in [2.24, 2.45) is 11.5 Å². The molecule has 0 spiro atoms. The summed E-state index contributed by atoms with van der Waals surface area (Å²) in [6.07, 6.45) is 1.76. The quantitative estimate of drug-likeness (QED) is 0.710. The fraction of sp³-hybridized carbons (Fsp3) is 0.538. The van der Waals surface area contributed by atoms with Crippen molar-refractivity contribution in [3.63, 3.8) is 0 Å². The van der Waals surface area contributed by atoms with Crippen LogP contribution in [0.3, 0.4) is 0 Å². The first-order valence-electron chi connectivity index (χ1n) is 6.24. The molecule has 1 unspecified atom stereocenters. The van der Waals surface area contributed by atoms with E-state index in [0.717, 1.165) is 24.1 Å². The topological polar surface area (TPSA) is 94.0 Å². The molecule has 1 rings (SSSR count). The maximum Gasteiger partial charge on any atom is 0.252 e. The SMILES string of the molecule is CCC(CCN)Nc1nc(C)cc(C)c1C(N)=O. The van der Waals surface area contributed by atoms with Crippen LogP contribution in [-0.4, -0.2) is 23.5 Å². The van der Waals surface area contributed by atoms with E-state index in [4.69, 9.17) is 11.5 Å². The first kappa shape index (κ1) is 14.4. The van der Waals surface area contributed by atoms with Crippen molar-refractivity contribution in [1.82, 2.24) is 4.98 Å². The zero-order chi connectivity index (χ0) is 13.7. The maximum absolute atomic E-state index is 11.5. The Morgan fingerprint density at radius 2 is 2.17 bits per heavy atom. The minimum absolute atomic E-state index is 0.210. The van der Waals surface area contributed by atoms with E-state index in [9.17, 15) is 4.79 Å². The third kappa shape index (κ3) is 3.43. The standard InChI is InChI=1S/C13H22N4O/c1-4-10(5-6-14)17-13-11(12(15)18)8(2)7-9(3)16-13/h7,10H,4-6,14H2,1-3H3,(H2,15,18)(H,16,17). The molecule has 1 heterocycles. The van der Waals surface area contributed by atoms with Crippen molar-refractivity contribution in [2.75, 3.05) is 11.9 Å². The van der Waals surface area contributed by atoms with Gasteiger partial charge in [0.25, 0.3) is 5.91 Å². The fourth-order valence-electron chi connectivity index (χ4n) is 2.03. The predicted octanol–water partition coefficient (Wildman–Crippen LogP) is 1.34. The van der Waals surface area contributed by atoms with Gasteiger partial charge in [-0.2, -0.15) is 0 Å². The minimum atomic E-state index is -0.454. The summed E-state index contributed by atoms with van der Waals surface area (Å²) in [6.45, 7) is 6.43. The van der Waals surface area contributed by atoms with Gasteiger partial charge in [-0.05, 0) is 44.9 Å². The molecule has 5 N–H and O–H groups in total. The monoisotopic (exact) mass is 250 g/mol. The number of nitrogens with zero attached hydrogens (tertiary/aromatic N) is 1. The average molecular weight is 250 g/mol. The number of aryl methyl sites for hydroxylation is 2. The van der Waals surface area contributed by atoms with E-state index in [0.29, 0.717) is 17.9 Å². The van der Waals surface area contributed by atoms with E-state index in [1.54, 1.807) is 0 Å². The molecule has 0 bridgehead atoms. The number of amides is 1. The van der Waals surface area contributed by atoms with Gasteiger partial charge in [-0.3, -0.25) is 4.79 Å². The molecule has 0 aliphatic rings. The number of primary amides is 1. The van der Waals surface area contributed by atoms with E-state index < -0.39 is 5.91 Å². The number of aromatic nitrogens is 1. The molecule has 0 aliphatic heterocycles. The van der Waals surface area contributed by atoms with Gasteiger partial charge in [0.15, 0.2) is 0 Å². The van der Waals surface area contributed by atoms with Crippen LogP contribution in [0.4, 0.5) is 5.82 Å². The Balaban J connectivity index is 3.09. The smallest absolute Gasteiger partial charge is 0.252 e. The highest BCUT2D eigenvalue weighted by Crippen LogP contribution is 2.20. The highest BCUT2D eigenvalue weighted by atomic mass is 16.1. The van der Waals surface area contributed by atoms with Crippen LogP contribution in [0.2, 0.25) is 0 Å². The molecule has 5 heteroatoms. The second-order valence-corrected chi connectivity index (χ2v) is 4.50. The molecule has 1 amide bonds. The molecule has 1 atom stereocenters. The van der Waals surface area contributed by atoms with E-state index in [-0.39, 0.29) is 6.04 Å². The largest absolute Gasteiger partial charge is 0.367 e. The first-order chi connectivity index (χ1) is 8.49. The van der Waals surface area contributed by atoms with Crippen molar-refractivity contribution < 1.29 is 4.79 Å². The molecule has 18 heavy (non-hydrogen) atoms. The highest BCUT2D eigenvalue weighted by molar-refractivity contribution is 5.99. The predicted molar refractivity (Wildman–Crippen MR) is 73.6 cm³/mol. The molecule has 100 valence electrons. The molecular weight excluding hydrogens is 228 g/mol. The Kier molecular flexibility index (Phi) is 5.09. The van der Waals surface area contributed by atoms with Crippen LogP contribution in [0.1, 0.15) is 41.4 Å². The number of pyridine rings is 1. The summed E-state index contributed by atoms with van der Waals surface area (Å²) in [7, 11) is 0. The van der Waals surface area contributed by atoms with Gasteiger partial charge in [0, 0.05) is 11.7 Å². The van der Waals surface area contributed by atoms with Gasteiger partial charge in [0.05, 0.1) is 5.56 Å². The van der Waals surface area contributed by atoms with Crippen LogP contribution >= 0.6 is 0 Å². The number of rotatable bonds is 6. The molecule has 0 fully saturated rings.